The molecule has 0 heterocycles. The maximum Gasteiger partial charge on any atom is 0.253 e. The highest BCUT2D eigenvalue weighted by Gasteiger charge is 2.29. The number of hydrogen-bond donors (Lipinski definition) is 4. The summed E-state index contributed by atoms with van der Waals surface area (Å²) in [6.07, 6.45) is 1.80. The lowest BCUT2D eigenvalue weighted by Crippen LogP contribution is -2.40. The minimum Gasteiger partial charge on any atom is -0.345 e. The number of anilines is 2. The molecule has 162 valence electrons. The van der Waals surface area contributed by atoms with Gasteiger partial charge in [0.2, 0.25) is 17.7 Å². The van der Waals surface area contributed by atoms with Crippen LogP contribution in [0.5, 0.6) is 0 Å². The van der Waals surface area contributed by atoms with E-state index in [2.05, 4.69) is 21.3 Å². The Labute approximate surface area is 188 Å². The van der Waals surface area contributed by atoms with Gasteiger partial charge in [-0.2, -0.15) is 0 Å². The third-order valence-electron chi connectivity index (χ3n) is 4.39. The van der Waals surface area contributed by atoms with E-state index in [1.54, 1.807) is 24.3 Å². The number of carbonyl (C=O) groups is 4. The summed E-state index contributed by atoms with van der Waals surface area (Å²) >= 11 is 11.7. The number of hydrogen-bond acceptors (Lipinski definition) is 4. The second-order valence-electron chi connectivity index (χ2n) is 6.98. The van der Waals surface area contributed by atoms with Crippen molar-refractivity contribution in [2.75, 3.05) is 23.7 Å². The normalized spacial score (nSPS) is 12.6. The number of nitrogens with one attached hydrogen (secondary N) is 4. The van der Waals surface area contributed by atoms with Crippen molar-refractivity contribution in [3.05, 3.63) is 58.1 Å². The van der Waals surface area contributed by atoms with Gasteiger partial charge in [0, 0.05) is 22.3 Å². The fraction of sp³-hybridized carbons (Fsp3) is 0.238. The summed E-state index contributed by atoms with van der Waals surface area (Å²) in [6, 6.07) is 11.1. The second-order valence-corrected chi connectivity index (χ2v) is 7.82. The van der Waals surface area contributed by atoms with E-state index in [9.17, 15) is 19.2 Å². The Kier molecular flexibility index (Phi) is 7.49. The first-order valence-electron chi connectivity index (χ1n) is 9.52. The molecule has 0 saturated heterocycles. The van der Waals surface area contributed by atoms with Crippen molar-refractivity contribution in [3.63, 3.8) is 0 Å². The molecule has 10 heteroatoms. The molecule has 0 bridgehead atoms. The summed E-state index contributed by atoms with van der Waals surface area (Å²) in [5.41, 5.74) is 1.26. The lowest BCUT2D eigenvalue weighted by atomic mass is 10.2. The number of halogens is 2. The van der Waals surface area contributed by atoms with E-state index in [1.807, 2.05) is 0 Å². The van der Waals surface area contributed by atoms with Crippen molar-refractivity contribution >= 4 is 58.2 Å². The maximum atomic E-state index is 12.1. The molecule has 0 atom stereocenters. The molecular weight excluding hydrogens is 443 g/mol. The van der Waals surface area contributed by atoms with Crippen LogP contribution in [0.25, 0.3) is 0 Å². The first-order chi connectivity index (χ1) is 14.8. The van der Waals surface area contributed by atoms with E-state index in [0.29, 0.717) is 16.4 Å². The van der Waals surface area contributed by atoms with Crippen LogP contribution in [-0.4, -0.2) is 36.7 Å². The largest absolute Gasteiger partial charge is 0.345 e. The van der Waals surface area contributed by atoms with Gasteiger partial charge < -0.3 is 21.3 Å². The highest BCUT2D eigenvalue weighted by Crippen LogP contribution is 2.30. The molecule has 0 unspecified atom stereocenters. The monoisotopic (exact) mass is 462 g/mol. The second kappa shape index (κ2) is 10.3. The van der Waals surface area contributed by atoms with Gasteiger partial charge in [-0.1, -0.05) is 29.3 Å². The molecule has 0 aliphatic heterocycles. The first kappa shape index (κ1) is 22.6. The van der Waals surface area contributed by atoms with E-state index >= 15 is 0 Å². The molecule has 3 rings (SSSR count). The Morgan fingerprint density at radius 1 is 0.839 bits per heavy atom. The van der Waals surface area contributed by atoms with Gasteiger partial charge in [0.15, 0.2) is 0 Å². The van der Waals surface area contributed by atoms with Crippen molar-refractivity contribution in [2.45, 2.75) is 12.8 Å². The zero-order chi connectivity index (χ0) is 22.4. The first-order valence-corrected chi connectivity index (χ1v) is 10.3. The number of rotatable bonds is 8. The van der Waals surface area contributed by atoms with Gasteiger partial charge in [0.05, 0.1) is 23.7 Å². The fourth-order valence-electron chi connectivity index (χ4n) is 2.64. The highest BCUT2D eigenvalue weighted by atomic mass is 35.5. The Hall–Kier alpha value is -3.10. The molecule has 1 saturated carbocycles. The molecule has 0 aromatic heterocycles. The SMILES string of the molecule is O=C(CNC(=O)c1ccc(Cl)cc1Cl)NCC(=O)Nc1cccc(NC(=O)C2CC2)c1. The lowest BCUT2D eigenvalue weighted by molar-refractivity contribution is -0.123. The van der Waals surface area contributed by atoms with Crippen LogP contribution in [-0.2, 0) is 14.4 Å². The van der Waals surface area contributed by atoms with Gasteiger partial charge in [0.1, 0.15) is 0 Å². The predicted octanol–water partition coefficient (Wildman–Crippen LogP) is 2.83. The molecule has 0 radical (unpaired) electrons. The summed E-state index contributed by atoms with van der Waals surface area (Å²) in [5.74, 6) is -1.49. The number of carbonyl (C=O) groups excluding carboxylic acids is 4. The minimum absolute atomic E-state index is 0.0299. The predicted molar refractivity (Wildman–Crippen MR) is 118 cm³/mol. The van der Waals surface area contributed by atoms with Crippen LogP contribution in [0.3, 0.4) is 0 Å². The fourth-order valence-corrected chi connectivity index (χ4v) is 3.13. The Morgan fingerprint density at radius 2 is 1.52 bits per heavy atom. The molecule has 1 fully saturated rings. The third-order valence-corrected chi connectivity index (χ3v) is 4.94. The highest BCUT2D eigenvalue weighted by molar-refractivity contribution is 6.36. The molecule has 1 aliphatic rings. The molecule has 2 aromatic carbocycles. The van der Waals surface area contributed by atoms with Gasteiger partial charge in [-0.15, -0.1) is 0 Å². The average Bonchev–Trinajstić information content (AvgIpc) is 3.56. The van der Waals surface area contributed by atoms with Crippen LogP contribution < -0.4 is 21.3 Å². The molecule has 2 aromatic rings. The molecule has 1 aliphatic carbocycles. The van der Waals surface area contributed by atoms with Crippen LogP contribution in [0.1, 0.15) is 23.2 Å². The summed E-state index contributed by atoms with van der Waals surface area (Å²) in [6.45, 7) is -0.608. The van der Waals surface area contributed by atoms with Crippen molar-refractivity contribution < 1.29 is 19.2 Å². The average molecular weight is 463 g/mol. The smallest absolute Gasteiger partial charge is 0.253 e. The van der Waals surface area contributed by atoms with Gasteiger partial charge in [-0.3, -0.25) is 19.2 Å². The summed E-state index contributed by atoms with van der Waals surface area (Å²) in [4.78, 5) is 47.9. The quantitative estimate of drug-likeness (QED) is 0.482. The van der Waals surface area contributed by atoms with E-state index in [1.165, 1.54) is 18.2 Å². The molecule has 4 N–H and O–H groups in total. The molecule has 31 heavy (non-hydrogen) atoms. The van der Waals surface area contributed by atoms with E-state index in [4.69, 9.17) is 23.2 Å². The van der Waals surface area contributed by atoms with Crippen molar-refractivity contribution in [2.24, 2.45) is 5.92 Å². The summed E-state index contributed by atoms with van der Waals surface area (Å²) in [5, 5.41) is 10.8. The zero-order valence-electron chi connectivity index (χ0n) is 16.3. The van der Waals surface area contributed by atoms with Crippen molar-refractivity contribution in [1.29, 1.82) is 0 Å². The van der Waals surface area contributed by atoms with Crippen LogP contribution in [0.15, 0.2) is 42.5 Å². The summed E-state index contributed by atoms with van der Waals surface area (Å²) in [7, 11) is 0. The Balaban J connectivity index is 1.41. The lowest BCUT2D eigenvalue weighted by Gasteiger charge is -2.10. The van der Waals surface area contributed by atoms with Crippen molar-refractivity contribution in [1.82, 2.24) is 10.6 Å². The van der Waals surface area contributed by atoms with Crippen LogP contribution in [0, 0.1) is 5.92 Å². The molecular formula is C21H20Cl2N4O4. The Morgan fingerprint density at radius 3 is 2.19 bits per heavy atom. The molecule has 8 nitrogen and oxygen atoms in total. The zero-order valence-corrected chi connectivity index (χ0v) is 17.8. The van der Waals surface area contributed by atoms with Gasteiger partial charge in [-0.25, -0.2) is 0 Å². The Bertz CT molecular complexity index is 1020. The van der Waals surface area contributed by atoms with Gasteiger partial charge >= 0.3 is 0 Å². The van der Waals surface area contributed by atoms with Gasteiger partial charge in [0.25, 0.3) is 5.91 Å². The van der Waals surface area contributed by atoms with E-state index in [-0.39, 0.29) is 35.5 Å². The number of benzene rings is 2. The molecule has 4 amide bonds. The van der Waals surface area contributed by atoms with Crippen LogP contribution in [0.2, 0.25) is 10.0 Å². The van der Waals surface area contributed by atoms with Crippen molar-refractivity contribution in [3.8, 4) is 0 Å². The minimum atomic E-state index is -0.543. The van der Waals surface area contributed by atoms with E-state index < -0.39 is 17.7 Å². The topological polar surface area (TPSA) is 116 Å². The van der Waals surface area contributed by atoms with Crippen LogP contribution in [0.4, 0.5) is 11.4 Å². The van der Waals surface area contributed by atoms with Gasteiger partial charge in [-0.05, 0) is 49.2 Å². The van der Waals surface area contributed by atoms with Crippen LogP contribution >= 0.6 is 23.2 Å². The molecule has 0 spiro atoms. The summed E-state index contributed by atoms with van der Waals surface area (Å²) < 4.78 is 0. The third kappa shape index (κ3) is 6.97. The number of amides is 4. The maximum absolute atomic E-state index is 12.1. The van der Waals surface area contributed by atoms with E-state index in [0.717, 1.165) is 12.8 Å². The standard InChI is InChI=1S/C21H20Cl2N4O4/c22-13-6-7-16(17(23)8-13)21(31)25-10-18(28)24-11-19(29)26-14-2-1-3-15(9-14)27-20(30)12-4-5-12/h1-3,6-9,12H,4-5,10-11H2,(H,24,28)(H,25,31)(H,26,29)(H,27,30).